The molecule has 0 saturated heterocycles. The second kappa shape index (κ2) is 5.71. The molecule has 0 amide bonds. The lowest BCUT2D eigenvalue weighted by Gasteiger charge is -2.16. The molecular formula is C14H13ClN2O2. The molecule has 0 aromatic heterocycles. The summed E-state index contributed by atoms with van der Waals surface area (Å²) >= 11 is 6.07. The molecule has 0 radical (unpaired) electrons. The highest BCUT2D eigenvalue weighted by molar-refractivity contribution is 6.33. The van der Waals surface area contributed by atoms with E-state index in [1.165, 1.54) is 6.07 Å². The van der Waals surface area contributed by atoms with Crippen LogP contribution in [0.2, 0.25) is 5.02 Å². The molecule has 1 N–H and O–H groups in total. The maximum Gasteiger partial charge on any atom is 0.269 e. The molecule has 4 nitrogen and oxygen atoms in total. The zero-order chi connectivity index (χ0) is 13.8. The Labute approximate surface area is 116 Å². The van der Waals surface area contributed by atoms with Gasteiger partial charge in [0.05, 0.1) is 15.6 Å². The van der Waals surface area contributed by atoms with Crippen molar-refractivity contribution in [3.8, 4) is 0 Å². The van der Waals surface area contributed by atoms with Gasteiger partial charge in [-0.15, -0.1) is 0 Å². The van der Waals surface area contributed by atoms with E-state index in [0.29, 0.717) is 5.02 Å². The van der Waals surface area contributed by atoms with Crippen molar-refractivity contribution in [3.05, 3.63) is 69.2 Å². The van der Waals surface area contributed by atoms with Crippen LogP contribution in [0.5, 0.6) is 0 Å². The van der Waals surface area contributed by atoms with Crippen LogP contribution in [0.25, 0.3) is 0 Å². The van der Waals surface area contributed by atoms with Crippen molar-refractivity contribution in [2.24, 2.45) is 0 Å². The largest absolute Gasteiger partial charge is 0.377 e. The Bertz CT molecular complexity index is 602. The molecule has 0 aliphatic carbocycles. The third kappa shape index (κ3) is 3.23. The summed E-state index contributed by atoms with van der Waals surface area (Å²) in [5.41, 5.74) is 1.74. The van der Waals surface area contributed by atoms with E-state index in [1.54, 1.807) is 18.2 Å². The standard InChI is InChI=1S/C14H13ClN2O2/c1-10(16-14-8-3-2-7-13(14)15)11-5-4-6-12(9-11)17(18)19/h2-10,16H,1H3. The van der Waals surface area contributed by atoms with Gasteiger partial charge in [-0.1, -0.05) is 35.9 Å². The molecule has 2 aromatic rings. The van der Waals surface area contributed by atoms with Gasteiger partial charge >= 0.3 is 0 Å². The van der Waals surface area contributed by atoms with Crippen molar-refractivity contribution in [2.75, 3.05) is 5.32 Å². The van der Waals surface area contributed by atoms with Gasteiger partial charge in [-0.2, -0.15) is 0 Å². The predicted molar refractivity (Wildman–Crippen MR) is 76.6 cm³/mol. The topological polar surface area (TPSA) is 55.2 Å². The van der Waals surface area contributed by atoms with Gasteiger partial charge in [0, 0.05) is 18.2 Å². The van der Waals surface area contributed by atoms with Gasteiger partial charge in [-0.3, -0.25) is 10.1 Å². The van der Waals surface area contributed by atoms with Gasteiger partial charge < -0.3 is 5.32 Å². The number of para-hydroxylation sites is 1. The summed E-state index contributed by atoms with van der Waals surface area (Å²) in [4.78, 5) is 10.4. The minimum Gasteiger partial charge on any atom is -0.377 e. The number of hydrogen-bond donors (Lipinski definition) is 1. The first-order valence-electron chi connectivity index (χ1n) is 5.83. The molecular weight excluding hydrogens is 264 g/mol. The van der Waals surface area contributed by atoms with Crippen LogP contribution in [0.1, 0.15) is 18.5 Å². The number of nitrogens with zero attached hydrogens (tertiary/aromatic N) is 1. The maximum atomic E-state index is 10.8. The zero-order valence-corrected chi connectivity index (χ0v) is 11.1. The fourth-order valence-electron chi connectivity index (χ4n) is 1.80. The van der Waals surface area contributed by atoms with Crippen molar-refractivity contribution in [1.82, 2.24) is 0 Å². The van der Waals surface area contributed by atoms with Gasteiger partial charge in [-0.25, -0.2) is 0 Å². The minimum absolute atomic E-state index is 0.0696. The van der Waals surface area contributed by atoms with Crippen LogP contribution in [0.3, 0.4) is 0 Å². The number of nitrogens with one attached hydrogen (secondary N) is 1. The molecule has 2 aromatic carbocycles. The van der Waals surface area contributed by atoms with Crippen LogP contribution < -0.4 is 5.32 Å². The summed E-state index contributed by atoms with van der Waals surface area (Å²) in [6, 6.07) is 13.9. The summed E-state index contributed by atoms with van der Waals surface area (Å²) in [7, 11) is 0. The van der Waals surface area contributed by atoms with E-state index >= 15 is 0 Å². The minimum atomic E-state index is -0.397. The lowest BCUT2D eigenvalue weighted by atomic mass is 10.1. The average molecular weight is 277 g/mol. The fraction of sp³-hybridized carbons (Fsp3) is 0.143. The van der Waals surface area contributed by atoms with Crippen LogP contribution >= 0.6 is 11.6 Å². The summed E-state index contributed by atoms with van der Waals surface area (Å²) in [6.45, 7) is 1.93. The van der Waals surface area contributed by atoms with Gasteiger partial charge in [-0.05, 0) is 24.6 Å². The van der Waals surface area contributed by atoms with E-state index in [2.05, 4.69) is 5.32 Å². The van der Waals surface area contributed by atoms with Crippen LogP contribution in [0.15, 0.2) is 48.5 Å². The molecule has 98 valence electrons. The highest BCUT2D eigenvalue weighted by atomic mass is 35.5. The second-order valence-corrected chi connectivity index (χ2v) is 4.61. The molecule has 0 heterocycles. The Morgan fingerprint density at radius 2 is 1.95 bits per heavy atom. The van der Waals surface area contributed by atoms with Crippen LogP contribution in [0, 0.1) is 10.1 Å². The smallest absolute Gasteiger partial charge is 0.269 e. The first kappa shape index (κ1) is 13.4. The molecule has 0 saturated carbocycles. The number of nitro groups is 1. The van der Waals surface area contributed by atoms with E-state index in [0.717, 1.165) is 11.3 Å². The zero-order valence-electron chi connectivity index (χ0n) is 10.3. The van der Waals surface area contributed by atoms with E-state index in [1.807, 2.05) is 31.2 Å². The molecule has 0 aliphatic heterocycles. The third-order valence-electron chi connectivity index (χ3n) is 2.83. The van der Waals surface area contributed by atoms with Crippen molar-refractivity contribution < 1.29 is 4.92 Å². The van der Waals surface area contributed by atoms with Crippen LogP contribution in [-0.4, -0.2) is 4.92 Å². The van der Waals surface area contributed by atoms with Gasteiger partial charge in [0.1, 0.15) is 0 Å². The predicted octanol–water partition coefficient (Wildman–Crippen LogP) is 4.42. The summed E-state index contributed by atoms with van der Waals surface area (Å²) in [6.07, 6.45) is 0. The number of anilines is 1. The number of hydrogen-bond acceptors (Lipinski definition) is 3. The van der Waals surface area contributed by atoms with Crippen molar-refractivity contribution in [3.63, 3.8) is 0 Å². The summed E-state index contributed by atoms with van der Waals surface area (Å²) < 4.78 is 0. The first-order chi connectivity index (χ1) is 9.08. The number of halogens is 1. The first-order valence-corrected chi connectivity index (χ1v) is 6.21. The van der Waals surface area contributed by atoms with Gasteiger partial charge in [0.25, 0.3) is 5.69 Å². The lowest BCUT2D eigenvalue weighted by Crippen LogP contribution is -2.07. The van der Waals surface area contributed by atoms with Gasteiger partial charge in [0.15, 0.2) is 0 Å². The molecule has 0 spiro atoms. The number of non-ortho nitro benzene ring substituents is 1. The molecule has 0 fully saturated rings. The molecule has 5 heteroatoms. The summed E-state index contributed by atoms with van der Waals surface area (Å²) in [5.74, 6) is 0. The SMILES string of the molecule is CC(Nc1ccccc1Cl)c1cccc([N+](=O)[O-])c1. The normalized spacial score (nSPS) is 11.9. The second-order valence-electron chi connectivity index (χ2n) is 4.20. The quantitative estimate of drug-likeness (QED) is 0.664. The van der Waals surface area contributed by atoms with Crippen molar-refractivity contribution in [2.45, 2.75) is 13.0 Å². The number of rotatable bonds is 4. The summed E-state index contributed by atoms with van der Waals surface area (Å²) in [5, 5.41) is 14.6. The average Bonchev–Trinajstić information content (AvgIpc) is 2.41. The maximum absolute atomic E-state index is 10.8. The molecule has 2 rings (SSSR count). The van der Waals surface area contributed by atoms with Crippen molar-refractivity contribution in [1.29, 1.82) is 0 Å². The molecule has 1 atom stereocenters. The molecule has 0 bridgehead atoms. The van der Waals surface area contributed by atoms with Gasteiger partial charge in [0.2, 0.25) is 0 Å². The molecule has 0 aliphatic rings. The lowest BCUT2D eigenvalue weighted by molar-refractivity contribution is -0.384. The Kier molecular flexibility index (Phi) is 4.02. The third-order valence-corrected chi connectivity index (χ3v) is 3.16. The Hall–Kier alpha value is -2.07. The molecule has 19 heavy (non-hydrogen) atoms. The van der Waals surface area contributed by atoms with E-state index in [9.17, 15) is 10.1 Å². The van der Waals surface area contributed by atoms with Crippen LogP contribution in [0.4, 0.5) is 11.4 Å². The van der Waals surface area contributed by atoms with Crippen molar-refractivity contribution >= 4 is 23.0 Å². The Morgan fingerprint density at radius 1 is 1.21 bits per heavy atom. The Balaban J connectivity index is 2.20. The Morgan fingerprint density at radius 3 is 2.63 bits per heavy atom. The molecule has 1 unspecified atom stereocenters. The number of nitro benzene ring substituents is 1. The van der Waals surface area contributed by atoms with E-state index in [-0.39, 0.29) is 11.7 Å². The number of benzene rings is 2. The monoisotopic (exact) mass is 276 g/mol. The van der Waals surface area contributed by atoms with E-state index < -0.39 is 4.92 Å². The van der Waals surface area contributed by atoms with Crippen LogP contribution in [-0.2, 0) is 0 Å². The highest BCUT2D eigenvalue weighted by Crippen LogP contribution is 2.27. The highest BCUT2D eigenvalue weighted by Gasteiger charge is 2.11. The van der Waals surface area contributed by atoms with E-state index in [4.69, 9.17) is 11.6 Å². The fourth-order valence-corrected chi connectivity index (χ4v) is 1.99.